The van der Waals surface area contributed by atoms with Crippen molar-refractivity contribution < 1.29 is 0 Å². The predicted molar refractivity (Wildman–Crippen MR) is 78.0 cm³/mol. The average molecular weight is 260 g/mol. The van der Waals surface area contributed by atoms with Gasteiger partial charge in [-0.25, -0.2) is 0 Å². The van der Waals surface area contributed by atoms with Crippen LogP contribution < -0.4 is 5.32 Å². The number of nitrogens with one attached hydrogen (secondary N) is 1. The summed E-state index contributed by atoms with van der Waals surface area (Å²) in [5.41, 5.74) is 2.63. The quantitative estimate of drug-likeness (QED) is 0.847. The fourth-order valence-electron chi connectivity index (χ4n) is 2.10. The third-order valence-corrected chi connectivity index (χ3v) is 3.26. The summed E-state index contributed by atoms with van der Waals surface area (Å²) in [6.45, 7) is 3.10. The summed E-state index contributed by atoms with van der Waals surface area (Å²) < 4.78 is 0. The Labute approximate surface area is 114 Å². The zero-order valence-corrected chi connectivity index (χ0v) is 11.3. The van der Waals surface area contributed by atoms with Crippen LogP contribution in [0.5, 0.6) is 0 Å². The maximum absolute atomic E-state index is 5.91. The molecular weight excluding hydrogens is 242 g/mol. The molecule has 0 aliphatic heterocycles. The van der Waals surface area contributed by atoms with Crippen LogP contribution in [-0.2, 0) is 6.42 Å². The van der Waals surface area contributed by atoms with Crippen LogP contribution in [0.25, 0.3) is 0 Å². The van der Waals surface area contributed by atoms with Crippen molar-refractivity contribution in [3.63, 3.8) is 0 Å². The van der Waals surface area contributed by atoms with Crippen LogP contribution in [0.2, 0.25) is 5.02 Å². The zero-order chi connectivity index (χ0) is 12.8. The molecule has 0 saturated carbocycles. The van der Waals surface area contributed by atoms with Crippen LogP contribution in [0.3, 0.4) is 0 Å². The molecule has 0 aliphatic carbocycles. The number of hydrogen-bond donors (Lipinski definition) is 1. The van der Waals surface area contributed by atoms with Gasteiger partial charge in [-0.3, -0.25) is 0 Å². The van der Waals surface area contributed by atoms with E-state index in [1.165, 1.54) is 11.1 Å². The molecule has 0 fully saturated rings. The second kappa shape index (κ2) is 6.58. The van der Waals surface area contributed by atoms with E-state index in [0.717, 1.165) is 18.0 Å². The van der Waals surface area contributed by atoms with E-state index in [2.05, 4.69) is 54.7 Å². The van der Waals surface area contributed by atoms with E-state index < -0.39 is 0 Å². The summed E-state index contributed by atoms with van der Waals surface area (Å²) >= 11 is 5.91. The van der Waals surface area contributed by atoms with Gasteiger partial charge in [0.15, 0.2) is 0 Å². The molecule has 2 aromatic rings. The van der Waals surface area contributed by atoms with Crippen molar-refractivity contribution >= 4 is 11.6 Å². The Bertz CT molecular complexity index is 464. The van der Waals surface area contributed by atoms with Crippen molar-refractivity contribution in [1.29, 1.82) is 0 Å². The summed E-state index contributed by atoms with van der Waals surface area (Å²) in [5, 5.41) is 4.32. The first-order valence-corrected chi connectivity index (χ1v) is 6.70. The molecule has 0 aliphatic rings. The molecule has 94 valence electrons. The standard InChI is InChI=1S/C16H18ClN/c1-2-18-16(14-6-4-3-5-7-14)12-13-8-10-15(17)11-9-13/h3-11,16,18H,2,12H2,1H3. The lowest BCUT2D eigenvalue weighted by molar-refractivity contribution is 0.550. The van der Waals surface area contributed by atoms with Crippen molar-refractivity contribution in [2.75, 3.05) is 6.54 Å². The second-order valence-corrected chi connectivity index (χ2v) is 4.79. The third kappa shape index (κ3) is 3.59. The van der Waals surface area contributed by atoms with Gasteiger partial charge >= 0.3 is 0 Å². The smallest absolute Gasteiger partial charge is 0.0406 e. The highest BCUT2D eigenvalue weighted by Crippen LogP contribution is 2.19. The van der Waals surface area contributed by atoms with Gasteiger partial charge in [0.2, 0.25) is 0 Å². The molecule has 0 amide bonds. The number of hydrogen-bond acceptors (Lipinski definition) is 1. The van der Waals surface area contributed by atoms with Crippen LogP contribution in [0.1, 0.15) is 24.1 Å². The first-order chi connectivity index (χ1) is 8.79. The number of halogens is 1. The van der Waals surface area contributed by atoms with E-state index in [4.69, 9.17) is 11.6 Å². The Balaban J connectivity index is 2.14. The van der Waals surface area contributed by atoms with Crippen molar-refractivity contribution in [2.45, 2.75) is 19.4 Å². The van der Waals surface area contributed by atoms with E-state index in [1.54, 1.807) is 0 Å². The minimum absolute atomic E-state index is 0.359. The van der Waals surface area contributed by atoms with E-state index >= 15 is 0 Å². The number of likely N-dealkylation sites (N-methyl/N-ethyl adjacent to an activating group) is 1. The van der Waals surface area contributed by atoms with Crippen LogP contribution in [0.15, 0.2) is 54.6 Å². The number of rotatable bonds is 5. The monoisotopic (exact) mass is 259 g/mol. The van der Waals surface area contributed by atoms with Gasteiger partial charge in [-0.05, 0) is 36.2 Å². The average Bonchev–Trinajstić information content (AvgIpc) is 2.42. The lowest BCUT2D eigenvalue weighted by Crippen LogP contribution is -2.22. The first kappa shape index (κ1) is 13.1. The maximum Gasteiger partial charge on any atom is 0.0406 e. The molecule has 0 spiro atoms. The molecule has 1 nitrogen and oxygen atoms in total. The van der Waals surface area contributed by atoms with Gasteiger partial charge in [-0.15, -0.1) is 0 Å². The molecule has 1 N–H and O–H groups in total. The summed E-state index contributed by atoms with van der Waals surface area (Å²) in [6.07, 6.45) is 0.981. The lowest BCUT2D eigenvalue weighted by Gasteiger charge is -2.18. The predicted octanol–water partition coefficient (Wildman–Crippen LogP) is 4.23. The molecule has 18 heavy (non-hydrogen) atoms. The minimum Gasteiger partial charge on any atom is -0.310 e. The summed E-state index contributed by atoms with van der Waals surface area (Å²) in [5.74, 6) is 0. The second-order valence-electron chi connectivity index (χ2n) is 4.35. The van der Waals surface area contributed by atoms with Gasteiger partial charge in [0.25, 0.3) is 0 Å². The van der Waals surface area contributed by atoms with Crippen molar-refractivity contribution in [3.8, 4) is 0 Å². The van der Waals surface area contributed by atoms with Crippen LogP contribution >= 0.6 is 11.6 Å². The van der Waals surface area contributed by atoms with Gasteiger partial charge in [-0.2, -0.15) is 0 Å². The van der Waals surface area contributed by atoms with Gasteiger partial charge in [0.05, 0.1) is 0 Å². The molecule has 1 unspecified atom stereocenters. The molecule has 2 rings (SSSR count). The fourth-order valence-corrected chi connectivity index (χ4v) is 2.22. The van der Waals surface area contributed by atoms with Crippen molar-refractivity contribution in [2.24, 2.45) is 0 Å². The highest BCUT2D eigenvalue weighted by atomic mass is 35.5. The Hall–Kier alpha value is -1.31. The largest absolute Gasteiger partial charge is 0.310 e. The Kier molecular flexibility index (Phi) is 4.80. The van der Waals surface area contributed by atoms with Gasteiger partial charge in [-0.1, -0.05) is 61.0 Å². The molecule has 0 bridgehead atoms. The molecule has 2 aromatic carbocycles. The van der Waals surface area contributed by atoms with Gasteiger partial charge in [0, 0.05) is 11.1 Å². The molecule has 0 saturated heterocycles. The fraction of sp³-hybridized carbons (Fsp3) is 0.250. The van der Waals surface area contributed by atoms with E-state index in [-0.39, 0.29) is 0 Å². The van der Waals surface area contributed by atoms with E-state index in [9.17, 15) is 0 Å². The SMILES string of the molecule is CCNC(Cc1ccc(Cl)cc1)c1ccccc1. The van der Waals surface area contributed by atoms with Crippen LogP contribution in [-0.4, -0.2) is 6.54 Å². The molecular formula is C16H18ClN. The Morgan fingerprint density at radius 3 is 2.28 bits per heavy atom. The van der Waals surface area contributed by atoms with Crippen molar-refractivity contribution in [3.05, 3.63) is 70.7 Å². The zero-order valence-electron chi connectivity index (χ0n) is 10.6. The van der Waals surface area contributed by atoms with Crippen molar-refractivity contribution in [1.82, 2.24) is 5.32 Å². The number of benzene rings is 2. The topological polar surface area (TPSA) is 12.0 Å². The highest BCUT2D eigenvalue weighted by Gasteiger charge is 2.10. The van der Waals surface area contributed by atoms with Crippen LogP contribution in [0.4, 0.5) is 0 Å². The normalized spacial score (nSPS) is 12.3. The first-order valence-electron chi connectivity index (χ1n) is 6.32. The molecule has 0 radical (unpaired) electrons. The minimum atomic E-state index is 0.359. The van der Waals surface area contributed by atoms with Crippen LogP contribution in [0, 0.1) is 0 Å². The highest BCUT2D eigenvalue weighted by molar-refractivity contribution is 6.30. The lowest BCUT2D eigenvalue weighted by atomic mass is 9.99. The van der Waals surface area contributed by atoms with Gasteiger partial charge < -0.3 is 5.32 Å². The Morgan fingerprint density at radius 2 is 1.67 bits per heavy atom. The third-order valence-electron chi connectivity index (χ3n) is 3.01. The summed E-state index contributed by atoms with van der Waals surface area (Å²) in [6, 6.07) is 19.0. The summed E-state index contributed by atoms with van der Waals surface area (Å²) in [7, 11) is 0. The molecule has 0 aromatic heterocycles. The maximum atomic E-state index is 5.91. The Morgan fingerprint density at radius 1 is 1.00 bits per heavy atom. The molecule has 2 heteroatoms. The van der Waals surface area contributed by atoms with E-state index in [0.29, 0.717) is 6.04 Å². The summed E-state index contributed by atoms with van der Waals surface area (Å²) in [4.78, 5) is 0. The van der Waals surface area contributed by atoms with Gasteiger partial charge in [0.1, 0.15) is 0 Å². The van der Waals surface area contributed by atoms with E-state index in [1.807, 2.05) is 12.1 Å². The molecule has 1 atom stereocenters. The molecule has 0 heterocycles.